The lowest BCUT2D eigenvalue weighted by molar-refractivity contribution is 0.307. The van der Waals surface area contributed by atoms with E-state index in [1.54, 1.807) is 13.2 Å². The van der Waals surface area contributed by atoms with Gasteiger partial charge in [-0.05, 0) is 43.5 Å². The van der Waals surface area contributed by atoms with Crippen LogP contribution in [0.25, 0.3) is 0 Å². The largest absolute Gasteiger partial charge is 0.494 e. The maximum Gasteiger partial charge on any atom is 0.191 e. The summed E-state index contributed by atoms with van der Waals surface area (Å²) in [6.07, 6.45) is 4.82. The molecule has 0 aliphatic carbocycles. The summed E-state index contributed by atoms with van der Waals surface area (Å²) in [5.74, 6) is 2.62. The van der Waals surface area contributed by atoms with E-state index in [0.29, 0.717) is 11.1 Å². The number of benzene rings is 1. The lowest BCUT2D eigenvalue weighted by atomic mass is 10.3. The lowest BCUT2D eigenvalue weighted by Crippen LogP contribution is -2.45. The third kappa shape index (κ3) is 6.02. The van der Waals surface area contributed by atoms with Gasteiger partial charge in [0.2, 0.25) is 0 Å². The molecule has 6 nitrogen and oxygen atoms in total. The Bertz CT molecular complexity index is 755. The molecule has 0 saturated carbocycles. The molecule has 150 valence electrons. The molecule has 0 radical (unpaired) electrons. The van der Waals surface area contributed by atoms with Crippen LogP contribution in [-0.4, -0.2) is 50.3 Å². The van der Waals surface area contributed by atoms with Crippen LogP contribution in [0.4, 0.5) is 5.82 Å². The predicted molar refractivity (Wildman–Crippen MR) is 116 cm³/mol. The molecule has 0 amide bonds. The second-order valence-corrected chi connectivity index (χ2v) is 7.16. The van der Waals surface area contributed by atoms with Crippen LogP contribution in [0.1, 0.15) is 19.3 Å². The van der Waals surface area contributed by atoms with E-state index in [9.17, 15) is 0 Å². The minimum absolute atomic E-state index is 0.325. The van der Waals surface area contributed by atoms with Gasteiger partial charge in [0.15, 0.2) is 5.96 Å². The molecule has 1 fully saturated rings. The van der Waals surface area contributed by atoms with E-state index in [1.165, 1.54) is 0 Å². The molecule has 0 bridgehead atoms. The topological polar surface area (TPSA) is 61.8 Å². The molecule has 1 aromatic heterocycles. The second kappa shape index (κ2) is 10.8. The maximum atomic E-state index is 6.26. The van der Waals surface area contributed by atoms with Gasteiger partial charge >= 0.3 is 0 Å². The van der Waals surface area contributed by atoms with Gasteiger partial charge < -0.3 is 20.3 Å². The summed E-state index contributed by atoms with van der Waals surface area (Å²) < 4.78 is 5.71. The van der Waals surface area contributed by atoms with Crippen molar-refractivity contribution in [2.75, 3.05) is 38.2 Å². The molecular formula is C21H28ClN5O. The van der Waals surface area contributed by atoms with E-state index in [-0.39, 0.29) is 0 Å². The van der Waals surface area contributed by atoms with Gasteiger partial charge in [0.05, 0.1) is 11.6 Å². The van der Waals surface area contributed by atoms with Crippen molar-refractivity contribution in [1.82, 2.24) is 15.6 Å². The zero-order chi connectivity index (χ0) is 19.6. The number of hydrogen-bond donors (Lipinski definition) is 2. The summed E-state index contributed by atoms with van der Waals surface area (Å²) in [4.78, 5) is 11.0. The summed E-state index contributed by atoms with van der Waals surface area (Å²) >= 11 is 6.26. The Morgan fingerprint density at radius 2 is 2.11 bits per heavy atom. The maximum absolute atomic E-state index is 6.26. The number of ether oxygens (including phenoxy) is 1. The van der Waals surface area contributed by atoms with Crippen LogP contribution in [0.2, 0.25) is 5.02 Å². The number of aliphatic imine (C=N–C) groups is 1. The highest BCUT2D eigenvalue weighted by atomic mass is 35.5. The van der Waals surface area contributed by atoms with Crippen molar-refractivity contribution in [2.24, 2.45) is 4.99 Å². The van der Waals surface area contributed by atoms with Gasteiger partial charge in [-0.25, -0.2) is 4.98 Å². The fourth-order valence-electron chi connectivity index (χ4n) is 3.21. The van der Waals surface area contributed by atoms with E-state index >= 15 is 0 Å². The first kappa shape index (κ1) is 20.3. The zero-order valence-corrected chi connectivity index (χ0v) is 17.0. The Kier molecular flexibility index (Phi) is 7.79. The molecule has 2 heterocycles. The van der Waals surface area contributed by atoms with Gasteiger partial charge in [-0.2, -0.15) is 0 Å². The van der Waals surface area contributed by atoms with E-state index < -0.39 is 0 Å². The predicted octanol–water partition coefficient (Wildman–Crippen LogP) is 3.34. The van der Waals surface area contributed by atoms with Crippen molar-refractivity contribution in [2.45, 2.75) is 25.3 Å². The Labute approximate surface area is 172 Å². The van der Waals surface area contributed by atoms with Crippen molar-refractivity contribution in [3.63, 3.8) is 0 Å². The standard InChI is InChI=1S/C21H28ClN5O/c1-23-21(25-12-5-6-15-28-18-8-3-2-4-9-18)26-17-11-14-27(16-17)20-19(22)10-7-13-24-20/h2-4,7-10,13,17H,5-6,11-12,14-16H2,1H3,(H2,23,25,26). The fraction of sp³-hybridized carbons (Fsp3) is 0.429. The number of halogens is 1. The average Bonchev–Trinajstić information content (AvgIpc) is 3.19. The van der Waals surface area contributed by atoms with Crippen LogP contribution in [0.15, 0.2) is 53.7 Å². The Morgan fingerprint density at radius 3 is 2.89 bits per heavy atom. The number of unbranched alkanes of at least 4 members (excludes halogenated alkanes) is 1. The van der Waals surface area contributed by atoms with Crippen molar-refractivity contribution < 1.29 is 4.74 Å². The van der Waals surface area contributed by atoms with Crippen molar-refractivity contribution >= 4 is 23.4 Å². The Balaban J connectivity index is 1.33. The van der Waals surface area contributed by atoms with E-state index in [0.717, 1.165) is 63.0 Å². The number of aromatic nitrogens is 1. The molecule has 1 aliphatic heterocycles. The first-order valence-electron chi connectivity index (χ1n) is 9.77. The highest BCUT2D eigenvalue weighted by molar-refractivity contribution is 6.32. The molecule has 0 spiro atoms. The van der Waals surface area contributed by atoms with Crippen molar-refractivity contribution in [3.8, 4) is 5.75 Å². The smallest absolute Gasteiger partial charge is 0.191 e. The van der Waals surface area contributed by atoms with E-state index in [4.69, 9.17) is 16.3 Å². The third-order valence-corrected chi connectivity index (χ3v) is 4.96. The number of para-hydroxylation sites is 1. The quantitative estimate of drug-likeness (QED) is 0.403. The first-order chi connectivity index (χ1) is 13.8. The molecular weight excluding hydrogens is 374 g/mol. The SMILES string of the molecule is CN=C(NCCCCOc1ccccc1)NC1CCN(c2ncccc2Cl)C1. The average molecular weight is 402 g/mol. The highest BCUT2D eigenvalue weighted by Gasteiger charge is 2.25. The van der Waals surface area contributed by atoms with Crippen LogP contribution in [0.5, 0.6) is 5.75 Å². The Morgan fingerprint density at radius 1 is 1.25 bits per heavy atom. The molecule has 3 rings (SSSR count). The van der Waals surface area contributed by atoms with Crippen LogP contribution in [0, 0.1) is 0 Å². The van der Waals surface area contributed by atoms with Crippen LogP contribution < -0.4 is 20.3 Å². The van der Waals surface area contributed by atoms with Gasteiger partial charge in [0.25, 0.3) is 0 Å². The van der Waals surface area contributed by atoms with Gasteiger partial charge in [-0.15, -0.1) is 0 Å². The molecule has 7 heteroatoms. The van der Waals surface area contributed by atoms with E-state index in [2.05, 4.69) is 25.5 Å². The lowest BCUT2D eigenvalue weighted by Gasteiger charge is -2.20. The van der Waals surface area contributed by atoms with Crippen molar-refractivity contribution in [3.05, 3.63) is 53.7 Å². The summed E-state index contributed by atoms with van der Waals surface area (Å²) in [7, 11) is 1.80. The third-order valence-electron chi connectivity index (χ3n) is 4.67. The summed E-state index contributed by atoms with van der Waals surface area (Å²) in [5, 5.41) is 7.58. The molecule has 1 saturated heterocycles. The Hall–Kier alpha value is -2.47. The van der Waals surface area contributed by atoms with Gasteiger partial charge in [-0.3, -0.25) is 4.99 Å². The normalized spacial score (nSPS) is 16.9. The minimum atomic E-state index is 0.325. The number of pyridine rings is 1. The minimum Gasteiger partial charge on any atom is -0.494 e. The number of guanidine groups is 1. The van der Waals surface area contributed by atoms with Crippen molar-refractivity contribution in [1.29, 1.82) is 0 Å². The number of hydrogen-bond acceptors (Lipinski definition) is 4. The first-order valence-corrected chi connectivity index (χ1v) is 10.1. The van der Waals surface area contributed by atoms with Gasteiger partial charge in [0, 0.05) is 38.9 Å². The number of rotatable bonds is 8. The van der Waals surface area contributed by atoms with Crippen LogP contribution in [-0.2, 0) is 0 Å². The second-order valence-electron chi connectivity index (χ2n) is 6.75. The molecule has 1 atom stereocenters. The number of nitrogens with one attached hydrogen (secondary N) is 2. The molecule has 28 heavy (non-hydrogen) atoms. The monoisotopic (exact) mass is 401 g/mol. The van der Waals surface area contributed by atoms with Gasteiger partial charge in [0.1, 0.15) is 11.6 Å². The molecule has 1 unspecified atom stereocenters. The van der Waals surface area contributed by atoms with E-state index in [1.807, 2.05) is 42.5 Å². The van der Waals surface area contributed by atoms with Crippen LogP contribution >= 0.6 is 11.6 Å². The van der Waals surface area contributed by atoms with Gasteiger partial charge in [-0.1, -0.05) is 29.8 Å². The molecule has 1 aromatic carbocycles. The molecule has 2 aromatic rings. The number of nitrogens with zero attached hydrogens (tertiary/aromatic N) is 3. The highest BCUT2D eigenvalue weighted by Crippen LogP contribution is 2.25. The fourth-order valence-corrected chi connectivity index (χ4v) is 3.45. The molecule has 2 N–H and O–H groups in total. The summed E-state index contributed by atoms with van der Waals surface area (Å²) in [6, 6.07) is 14.0. The summed E-state index contributed by atoms with van der Waals surface area (Å²) in [5.41, 5.74) is 0. The summed E-state index contributed by atoms with van der Waals surface area (Å²) in [6.45, 7) is 3.38. The molecule has 1 aliphatic rings. The van der Waals surface area contributed by atoms with Crippen LogP contribution in [0.3, 0.4) is 0 Å². The zero-order valence-electron chi connectivity index (χ0n) is 16.3. The number of anilines is 1.